The molecule has 0 bridgehead atoms. The number of amides is 2. The molecule has 8 heteroatoms. The minimum atomic E-state index is -0.241. The Kier molecular flexibility index (Phi) is 23.8. The van der Waals surface area contributed by atoms with Crippen molar-refractivity contribution < 1.29 is 88.1 Å². The molecule has 0 aromatic carbocycles. The number of rotatable bonds is 18. The SMILES string of the molecule is CC(C)C(=O)CCCCC(=O)NCCCCCCNC(=O)CCCCC(=O)[S-].[Cs+]. The van der Waals surface area contributed by atoms with E-state index in [2.05, 4.69) is 23.3 Å². The summed E-state index contributed by atoms with van der Waals surface area (Å²) in [6, 6.07) is 0. The van der Waals surface area contributed by atoms with Crippen LogP contribution in [0, 0.1) is 5.92 Å². The molecule has 2 N–H and O–H groups in total. The van der Waals surface area contributed by atoms with Crippen molar-refractivity contribution in [3.05, 3.63) is 0 Å². The van der Waals surface area contributed by atoms with Crippen LogP contribution in [0.5, 0.6) is 0 Å². The summed E-state index contributed by atoms with van der Waals surface area (Å²) in [4.78, 5) is 45.4. The van der Waals surface area contributed by atoms with Crippen LogP contribution < -0.4 is 79.5 Å². The minimum absolute atomic E-state index is 0. The second-order valence-corrected chi connectivity index (χ2v) is 7.98. The molecule has 0 atom stereocenters. The van der Waals surface area contributed by atoms with E-state index in [1.54, 1.807) is 0 Å². The van der Waals surface area contributed by atoms with Crippen molar-refractivity contribution in [2.45, 2.75) is 90.9 Å². The summed E-state index contributed by atoms with van der Waals surface area (Å²) < 4.78 is 0. The normalized spacial score (nSPS) is 10.3. The summed E-state index contributed by atoms with van der Waals surface area (Å²) >= 11 is 4.47. The van der Waals surface area contributed by atoms with Gasteiger partial charge < -0.3 is 28.1 Å². The summed E-state index contributed by atoms with van der Waals surface area (Å²) in [7, 11) is 0. The average molecular weight is 547 g/mol. The third-order valence-electron chi connectivity index (χ3n) is 4.50. The van der Waals surface area contributed by atoms with Crippen molar-refractivity contribution in [1.29, 1.82) is 0 Å². The zero-order chi connectivity index (χ0) is 21.2. The van der Waals surface area contributed by atoms with Crippen LogP contribution in [0.25, 0.3) is 0 Å². The van der Waals surface area contributed by atoms with Crippen molar-refractivity contribution in [2.75, 3.05) is 13.1 Å². The van der Waals surface area contributed by atoms with Gasteiger partial charge in [0.15, 0.2) is 0 Å². The van der Waals surface area contributed by atoms with E-state index in [9.17, 15) is 19.2 Å². The molecular formula is C21H37CsN2O4S. The first kappa shape index (κ1) is 31.7. The van der Waals surface area contributed by atoms with Crippen molar-refractivity contribution >= 4 is 35.3 Å². The molecule has 0 aromatic heterocycles. The summed E-state index contributed by atoms with van der Waals surface area (Å²) in [5, 5.41) is 5.55. The summed E-state index contributed by atoms with van der Waals surface area (Å²) in [6.07, 6.45) is 8.66. The maximum atomic E-state index is 11.7. The number of nitrogens with one attached hydrogen (secondary N) is 2. The van der Waals surface area contributed by atoms with Crippen LogP contribution in [0.3, 0.4) is 0 Å². The number of hydrogen-bond acceptors (Lipinski definition) is 5. The molecule has 0 rings (SSSR count). The first-order valence-corrected chi connectivity index (χ1v) is 11.0. The molecule has 0 aliphatic carbocycles. The van der Waals surface area contributed by atoms with Crippen LogP contribution in [0.15, 0.2) is 0 Å². The van der Waals surface area contributed by atoms with Crippen LogP contribution in [0.2, 0.25) is 0 Å². The fourth-order valence-electron chi connectivity index (χ4n) is 2.66. The van der Waals surface area contributed by atoms with Crippen molar-refractivity contribution in [2.24, 2.45) is 5.92 Å². The Morgan fingerprint density at radius 1 is 0.655 bits per heavy atom. The van der Waals surface area contributed by atoms with Crippen LogP contribution in [0.4, 0.5) is 0 Å². The third kappa shape index (κ3) is 23.0. The van der Waals surface area contributed by atoms with Gasteiger partial charge in [0.1, 0.15) is 5.78 Å². The Hall–Kier alpha value is 0.552. The summed E-state index contributed by atoms with van der Waals surface area (Å²) in [6.45, 7) is 5.15. The van der Waals surface area contributed by atoms with Gasteiger partial charge in [-0.1, -0.05) is 26.7 Å². The molecule has 162 valence electrons. The van der Waals surface area contributed by atoms with Crippen molar-refractivity contribution in [1.82, 2.24) is 10.6 Å². The van der Waals surface area contributed by atoms with E-state index in [1.807, 2.05) is 13.8 Å². The van der Waals surface area contributed by atoms with E-state index in [1.165, 1.54) is 0 Å². The van der Waals surface area contributed by atoms with E-state index in [4.69, 9.17) is 0 Å². The Bertz CT molecular complexity index is 487. The van der Waals surface area contributed by atoms with E-state index in [0.717, 1.165) is 38.5 Å². The fraction of sp³-hybridized carbons (Fsp3) is 0.810. The predicted molar refractivity (Wildman–Crippen MR) is 114 cm³/mol. The van der Waals surface area contributed by atoms with Crippen molar-refractivity contribution in [3.63, 3.8) is 0 Å². The summed E-state index contributed by atoms with van der Waals surface area (Å²) in [5.74, 6) is 0.429. The number of carbonyl (C=O) groups excluding carboxylic acids is 4. The van der Waals surface area contributed by atoms with Gasteiger partial charge in [-0.3, -0.25) is 14.4 Å². The molecule has 0 saturated carbocycles. The molecular weight excluding hydrogens is 509 g/mol. The van der Waals surface area contributed by atoms with Crippen LogP contribution in [-0.2, 0) is 31.8 Å². The van der Waals surface area contributed by atoms with Crippen LogP contribution in [-0.4, -0.2) is 35.8 Å². The molecule has 0 aliphatic heterocycles. The van der Waals surface area contributed by atoms with Crippen molar-refractivity contribution in [3.8, 4) is 0 Å². The Labute approximate surface area is 240 Å². The quantitative estimate of drug-likeness (QED) is 0.190. The fourth-order valence-corrected chi connectivity index (χ4v) is 2.81. The van der Waals surface area contributed by atoms with Crippen LogP contribution >= 0.6 is 0 Å². The van der Waals surface area contributed by atoms with E-state index in [-0.39, 0.29) is 97.5 Å². The number of unbranched alkanes of at least 4 members (excludes halogenated alkanes) is 5. The molecule has 0 fully saturated rings. The smallest absolute Gasteiger partial charge is 0.742 e. The molecule has 0 aliphatic rings. The molecule has 0 heterocycles. The van der Waals surface area contributed by atoms with Gasteiger partial charge in [-0.25, -0.2) is 0 Å². The zero-order valence-corrected chi connectivity index (χ0v) is 25.6. The van der Waals surface area contributed by atoms with Gasteiger partial charge in [-0.05, 0) is 44.9 Å². The molecule has 0 radical (unpaired) electrons. The second kappa shape index (κ2) is 21.8. The second-order valence-electron chi connectivity index (χ2n) is 7.52. The maximum absolute atomic E-state index is 11.7. The van der Waals surface area contributed by atoms with E-state index in [0.29, 0.717) is 51.6 Å². The molecule has 0 saturated heterocycles. The van der Waals surface area contributed by atoms with E-state index < -0.39 is 0 Å². The standard InChI is InChI=1S/C21H38N2O4S.Cs/c1-17(2)18(24)11-5-6-12-19(25)22-15-9-3-4-10-16-23-20(26)13-7-8-14-21(27)28;/h17H,3-16H2,1-2H3,(H,22,25)(H,23,26)(H,27,28);/q;+1/p-1. The van der Waals surface area contributed by atoms with Gasteiger partial charge in [-0.15, -0.1) is 0 Å². The third-order valence-corrected chi connectivity index (χ3v) is 4.71. The predicted octanol–water partition coefficient (Wildman–Crippen LogP) is 0.203. The molecule has 2 amide bonds. The number of Topliss-reactive ketones (excluding diaryl/α,β-unsaturated/α-hetero) is 1. The van der Waals surface area contributed by atoms with Crippen LogP contribution in [0.1, 0.15) is 90.9 Å². The summed E-state index contributed by atoms with van der Waals surface area (Å²) in [5.41, 5.74) is 0. The minimum Gasteiger partial charge on any atom is -0.742 e. The first-order valence-electron chi connectivity index (χ1n) is 10.6. The van der Waals surface area contributed by atoms with Gasteiger partial charge in [0.2, 0.25) is 11.8 Å². The zero-order valence-electron chi connectivity index (χ0n) is 18.5. The number of hydrogen-bond donors (Lipinski definition) is 2. The molecule has 0 aromatic rings. The largest absolute Gasteiger partial charge is 1.00 e. The van der Waals surface area contributed by atoms with Gasteiger partial charge in [-0.2, -0.15) is 0 Å². The molecule has 0 spiro atoms. The average Bonchev–Trinajstić information content (AvgIpc) is 2.64. The Balaban J connectivity index is 0. The van der Waals surface area contributed by atoms with Gasteiger partial charge in [0.25, 0.3) is 0 Å². The van der Waals surface area contributed by atoms with E-state index >= 15 is 0 Å². The van der Waals surface area contributed by atoms with Gasteiger partial charge >= 0.3 is 68.9 Å². The number of ketones is 1. The van der Waals surface area contributed by atoms with Gasteiger partial charge in [0.05, 0.1) is 0 Å². The number of carbonyl (C=O) groups is 4. The van der Waals surface area contributed by atoms with Gasteiger partial charge in [0, 0.05) is 43.4 Å². The first-order chi connectivity index (χ1) is 13.3. The maximum Gasteiger partial charge on any atom is 1.00 e. The Morgan fingerprint density at radius 3 is 1.48 bits per heavy atom. The molecule has 29 heavy (non-hydrogen) atoms. The Morgan fingerprint density at radius 2 is 1.07 bits per heavy atom. The topological polar surface area (TPSA) is 92.3 Å². The molecule has 6 nitrogen and oxygen atoms in total. The molecule has 0 unspecified atom stereocenters. The monoisotopic (exact) mass is 546 g/mol.